The lowest BCUT2D eigenvalue weighted by molar-refractivity contribution is 0.0744. The molecule has 1 aliphatic rings. The first-order valence-electron chi connectivity index (χ1n) is 5.70. The highest BCUT2D eigenvalue weighted by atomic mass is 35.5. The van der Waals surface area contributed by atoms with Crippen LogP contribution in [0.25, 0.3) is 0 Å². The van der Waals surface area contributed by atoms with Crippen LogP contribution in [-0.4, -0.2) is 15.8 Å². The predicted molar refractivity (Wildman–Crippen MR) is 76.8 cm³/mol. The summed E-state index contributed by atoms with van der Waals surface area (Å²) in [6, 6.07) is 4.57. The first-order valence-corrected chi connectivity index (χ1v) is 7.34. The van der Waals surface area contributed by atoms with Crippen LogP contribution in [0.3, 0.4) is 0 Å². The lowest BCUT2D eigenvalue weighted by Gasteiger charge is -2.18. The Morgan fingerprint density at radius 1 is 1.40 bits per heavy atom. The van der Waals surface area contributed by atoms with Gasteiger partial charge in [-0.3, -0.25) is 4.79 Å². The van der Waals surface area contributed by atoms with Crippen LogP contribution in [-0.2, 0) is 6.54 Å². The van der Waals surface area contributed by atoms with E-state index in [1.807, 2.05) is 5.38 Å². The number of fused-ring (bicyclic) bond motifs is 1. The number of hydrogen-bond donors (Lipinski definition) is 0. The Balaban J connectivity index is 2.08. The molecule has 0 saturated heterocycles. The molecule has 1 amide bonds. The van der Waals surface area contributed by atoms with Crippen LogP contribution >= 0.6 is 34.5 Å². The summed E-state index contributed by atoms with van der Waals surface area (Å²) in [4.78, 5) is 18.1. The Hall–Kier alpha value is -1.61. The van der Waals surface area contributed by atoms with Gasteiger partial charge in [0.05, 0.1) is 23.2 Å². The zero-order valence-corrected chi connectivity index (χ0v) is 12.3. The molecule has 0 saturated carbocycles. The van der Waals surface area contributed by atoms with Gasteiger partial charge in [0.2, 0.25) is 0 Å². The summed E-state index contributed by atoms with van der Waals surface area (Å²) in [5, 5.41) is 12.7. The molecule has 2 aromatic rings. The van der Waals surface area contributed by atoms with Gasteiger partial charge >= 0.3 is 0 Å². The fourth-order valence-corrected chi connectivity index (χ4v) is 3.36. The molecule has 0 fully saturated rings. The molecule has 0 N–H and O–H groups in total. The summed E-state index contributed by atoms with van der Waals surface area (Å²) >= 11 is 13.6. The molecule has 7 heteroatoms. The van der Waals surface area contributed by atoms with Gasteiger partial charge < -0.3 is 4.90 Å². The summed E-state index contributed by atoms with van der Waals surface area (Å²) in [6.45, 7) is 0.274. The van der Waals surface area contributed by atoms with E-state index in [0.717, 1.165) is 5.01 Å². The standard InChI is InChI=1S/C13H7Cl2N3OS/c14-7-1-2-8(15)12-11(7)9(5-16)18(13(12)19)6-10-17-3-4-20-10/h1-4,9H,6H2. The van der Waals surface area contributed by atoms with Gasteiger partial charge in [-0.2, -0.15) is 5.26 Å². The van der Waals surface area contributed by atoms with Crippen LogP contribution in [0.5, 0.6) is 0 Å². The van der Waals surface area contributed by atoms with Gasteiger partial charge in [0, 0.05) is 22.2 Å². The number of nitriles is 1. The van der Waals surface area contributed by atoms with Crippen LogP contribution in [0.15, 0.2) is 23.7 Å². The van der Waals surface area contributed by atoms with Crippen molar-refractivity contribution in [1.29, 1.82) is 5.26 Å². The molecule has 1 unspecified atom stereocenters. The largest absolute Gasteiger partial charge is 0.312 e. The Labute approximate surface area is 129 Å². The van der Waals surface area contributed by atoms with Gasteiger partial charge in [-0.1, -0.05) is 23.2 Å². The van der Waals surface area contributed by atoms with E-state index in [9.17, 15) is 10.1 Å². The van der Waals surface area contributed by atoms with E-state index in [2.05, 4.69) is 11.1 Å². The monoisotopic (exact) mass is 323 g/mol. The van der Waals surface area contributed by atoms with E-state index in [-0.39, 0.29) is 12.5 Å². The molecular weight excluding hydrogens is 317 g/mol. The summed E-state index contributed by atoms with van der Waals surface area (Å²) in [5.74, 6) is -0.283. The zero-order valence-electron chi connectivity index (χ0n) is 10.0. The third-order valence-electron chi connectivity index (χ3n) is 3.11. The van der Waals surface area contributed by atoms with Crippen LogP contribution in [0, 0.1) is 11.3 Å². The van der Waals surface area contributed by atoms with E-state index < -0.39 is 6.04 Å². The fraction of sp³-hybridized carbons (Fsp3) is 0.154. The summed E-state index contributed by atoms with van der Waals surface area (Å²) in [5.41, 5.74) is 0.811. The molecule has 4 nitrogen and oxygen atoms in total. The van der Waals surface area contributed by atoms with Gasteiger partial charge in [0.15, 0.2) is 0 Å². The van der Waals surface area contributed by atoms with Crippen LogP contribution in [0.2, 0.25) is 10.0 Å². The number of carbonyl (C=O) groups excluding carboxylic acids is 1. The maximum Gasteiger partial charge on any atom is 0.257 e. The molecule has 1 aromatic carbocycles. The second kappa shape index (κ2) is 5.06. The van der Waals surface area contributed by atoms with E-state index in [0.29, 0.717) is 21.2 Å². The van der Waals surface area contributed by atoms with E-state index in [1.165, 1.54) is 16.2 Å². The first kappa shape index (κ1) is 13.4. The third kappa shape index (κ3) is 1.97. The lowest BCUT2D eigenvalue weighted by atomic mass is 10.1. The van der Waals surface area contributed by atoms with Gasteiger partial charge in [-0.05, 0) is 12.1 Å². The highest BCUT2D eigenvalue weighted by Crippen LogP contribution is 2.42. The number of amides is 1. The molecule has 0 radical (unpaired) electrons. The predicted octanol–water partition coefficient (Wildman–Crippen LogP) is 3.67. The molecule has 1 atom stereocenters. The first-order chi connectivity index (χ1) is 9.63. The number of aromatic nitrogens is 1. The molecule has 3 rings (SSSR count). The summed E-state index contributed by atoms with van der Waals surface area (Å²) in [6.07, 6.45) is 1.66. The average molecular weight is 324 g/mol. The Bertz CT molecular complexity index is 724. The van der Waals surface area contributed by atoms with Gasteiger partial charge in [-0.25, -0.2) is 4.98 Å². The zero-order chi connectivity index (χ0) is 14.3. The van der Waals surface area contributed by atoms with E-state index in [1.54, 1.807) is 18.3 Å². The van der Waals surface area contributed by atoms with E-state index in [4.69, 9.17) is 23.2 Å². The minimum absolute atomic E-state index is 0.274. The quantitative estimate of drug-likeness (QED) is 0.847. The highest BCUT2D eigenvalue weighted by Gasteiger charge is 2.40. The molecule has 0 spiro atoms. The number of rotatable bonds is 2. The van der Waals surface area contributed by atoms with Crippen molar-refractivity contribution in [2.24, 2.45) is 0 Å². The fourth-order valence-electron chi connectivity index (χ4n) is 2.24. The number of nitrogens with zero attached hydrogens (tertiary/aromatic N) is 3. The normalized spacial score (nSPS) is 17.1. The number of halogens is 2. The van der Waals surface area contributed by atoms with Gasteiger partial charge in [-0.15, -0.1) is 11.3 Å². The Morgan fingerprint density at radius 3 is 2.80 bits per heavy atom. The molecular formula is C13H7Cl2N3OS. The molecule has 20 heavy (non-hydrogen) atoms. The second-order valence-electron chi connectivity index (χ2n) is 4.21. The van der Waals surface area contributed by atoms with Crippen molar-refractivity contribution in [1.82, 2.24) is 9.88 Å². The Kier molecular flexibility index (Phi) is 3.38. The minimum atomic E-state index is -0.729. The van der Waals surface area contributed by atoms with Crippen molar-refractivity contribution in [3.05, 3.63) is 49.9 Å². The molecule has 1 aliphatic heterocycles. The van der Waals surface area contributed by atoms with Gasteiger partial charge in [0.1, 0.15) is 11.0 Å². The lowest BCUT2D eigenvalue weighted by Crippen LogP contribution is -2.26. The average Bonchev–Trinajstić information content (AvgIpc) is 3.03. The van der Waals surface area contributed by atoms with Crippen molar-refractivity contribution >= 4 is 40.4 Å². The topological polar surface area (TPSA) is 57.0 Å². The van der Waals surface area contributed by atoms with E-state index >= 15 is 0 Å². The van der Waals surface area contributed by atoms with Crippen LogP contribution < -0.4 is 0 Å². The molecule has 2 heterocycles. The number of benzene rings is 1. The summed E-state index contributed by atoms with van der Waals surface area (Å²) in [7, 11) is 0. The van der Waals surface area contributed by atoms with Crippen molar-refractivity contribution < 1.29 is 4.79 Å². The summed E-state index contributed by atoms with van der Waals surface area (Å²) < 4.78 is 0. The molecule has 100 valence electrons. The highest BCUT2D eigenvalue weighted by molar-refractivity contribution is 7.09. The van der Waals surface area contributed by atoms with Gasteiger partial charge in [0.25, 0.3) is 5.91 Å². The SMILES string of the molecule is N#CC1c2c(Cl)ccc(Cl)c2C(=O)N1Cc1nccs1. The number of thiazole rings is 1. The number of hydrogen-bond acceptors (Lipinski definition) is 4. The molecule has 1 aromatic heterocycles. The second-order valence-corrected chi connectivity index (χ2v) is 6.00. The smallest absolute Gasteiger partial charge is 0.257 e. The van der Waals surface area contributed by atoms with Crippen molar-refractivity contribution in [3.63, 3.8) is 0 Å². The van der Waals surface area contributed by atoms with Crippen molar-refractivity contribution in [2.75, 3.05) is 0 Å². The number of carbonyl (C=O) groups is 1. The Morgan fingerprint density at radius 2 is 2.15 bits per heavy atom. The minimum Gasteiger partial charge on any atom is -0.312 e. The molecule has 0 aliphatic carbocycles. The maximum atomic E-state index is 12.5. The van der Waals surface area contributed by atoms with Crippen molar-refractivity contribution in [3.8, 4) is 6.07 Å². The van der Waals surface area contributed by atoms with Crippen LogP contribution in [0.4, 0.5) is 0 Å². The van der Waals surface area contributed by atoms with Crippen LogP contribution in [0.1, 0.15) is 27.0 Å². The molecule has 0 bridgehead atoms. The van der Waals surface area contributed by atoms with Crippen molar-refractivity contribution in [2.45, 2.75) is 12.6 Å². The third-order valence-corrected chi connectivity index (χ3v) is 4.52. The maximum absolute atomic E-state index is 12.5.